The van der Waals surface area contributed by atoms with Crippen LogP contribution in [0.5, 0.6) is 11.5 Å². The van der Waals surface area contributed by atoms with Crippen LogP contribution in [0.3, 0.4) is 0 Å². The highest BCUT2D eigenvalue weighted by atomic mass is 16.5. The van der Waals surface area contributed by atoms with Gasteiger partial charge in [-0.05, 0) is 17.7 Å². The number of benzene rings is 2. The zero-order valence-corrected chi connectivity index (χ0v) is 11.9. The Morgan fingerprint density at radius 1 is 1.00 bits per heavy atom. The van der Waals surface area contributed by atoms with Crippen molar-refractivity contribution in [1.82, 2.24) is 5.32 Å². The van der Waals surface area contributed by atoms with Crippen LogP contribution < -0.4 is 5.32 Å². The van der Waals surface area contributed by atoms with E-state index in [0.717, 1.165) is 12.7 Å². The number of aromatic hydroxyl groups is 2. The zero-order valence-electron chi connectivity index (χ0n) is 11.9. The van der Waals surface area contributed by atoms with E-state index in [1.807, 2.05) is 30.3 Å². The van der Waals surface area contributed by atoms with Gasteiger partial charge in [-0.25, -0.2) is 4.79 Å². The third kappa shape index (κ3) is 3.17. The van der Waals surface area contributed by atoms with Gasteiger partial charge in [-0.2, -0.15) is 0 Å². The van der Waals surface area contributed by atoms with Gasteiger partial charge in [-0.1, -0.05) is 30.3 Å². The Kier molecular flexibility index (Phi) is 4.63. The van der Waals surface area contributed by atoms with Crippen molar-refractivity contribution in [3.63, 3.8) is 0 Å². The normalized spacial score (nSPS) is 10.0. The third-order valence-electron chi connectivity index (χ3n) is 3.10. The molecular formula is C16H15NO5. The lowest BCUT2D eigenvalue weighted by Gasteiger charge is -2.10. The molecule has 1 amide bonds. The molecule has 0 spiro atoms. The Morgan fingerprint density at radius 3 is 2.23 bits per heavy atom. The summed E-state index contributed by atoms with van der Waals surface area (Å²) in [7, 11) is 1.15. The molecule has 0 unspecified atom stereocenters. The van der Waals surface area contributed by atoms with E-state index < -0.39 is 23.4 Å². The monoisotopic (exact) mass is 301 g/mol. The molecule has 3 N–H and O–H groups in total. The first kappa shape index (κ1) is 15.4. The smallest absolute Gasteiger partial charge is 0.341 e. The maximum absolute atomic E-state index is 12.0. The van der Waals surface area contributed by atoms with E-state index >= 15 is 0 Å². The highest BCUT2D eigenvalue weighted by Gasteiger charge is 2.21. The molecule has 6 nitrogen and oxygen atoms in total. The third-order valence-corrected chi connectivity index (χ3v) is 3.10. The number of ether oxygens (including phenoxy) is 1. The molecule has 0 fully saturated rings. The topological polar surface area (TPSA) is 95.9 Å². The minimum Gasteiger partial charge on any atom is -0.504 e. The van der Waals surface area contributed by atoms with Gasteiger partial charge in [0.1, 0.15) is 5.56 Å². The Morgan fingerprint density at radius 2 is 1.59 bits per heavy atom. The fourth-order valence-corrected chi connectivity index (χ4v) is 1.91. The maximum atomic E-state index is 12.0. The van der Waals surface area contributed by atoms with Crippen LogP contribution in [-0.4, -0.2) is 29.2 Å². The lowest BCUT2D eigenvalue weighted by Crippen LogP contribution is -2.23. The maximum Gasteiger partial charge on any atom is 0.341 e. The summed E-state index contributed by atoms with van der Waals surface area (Å²) in [5, 5.41) is 22.3. The molecule has 0 saturated carbocycles. The molecule has 6 heteroatoms. The van der Waals surface area contributed by atoms with Gasteiger partial charge < -0.3 is 20.3 Å². The van der Waals surface area contributed by atoms with Crippen LogP contribution in [0.2, 0.25) is 0 Å². The van der Waals surface area contributed by atoms with E-state index in [-0.39, 0.29) is 17.7 Å². The summed E-state index contributed by atoms with van der Waals surface area (Å²) in [5.74, 6) is -2.70. The predicted octanol–water partition coefficient (Wildman–Crippen LogP) is 1.81. The molecule has 0 aliphatic carbocycles. The van der Waals surface area contributed by atoms with Crippen molar-refractivity contribution in [2.45, 2.75) is 6.54 Å². The second kappa shape index (κ2) is 6.62. The Labute approximate surface area is 127 Å². The quantitative estimate of drug-likeness (QED) is 0.591. The van der Waals surface area contributed by atoms with Gasteiger partial charge >= 0.3 is 5.97 Å². The second-order valence-corrected chi connectivity index (χ2v) is 4.52. The minimum absolute atomic E-state index is 0.124. The highest BCUT2D eigenvalue weighted by Crippen LogP contribution is 2.33. The fraction of sp³-hybridized carbons (Fsp3) is 0.125. The lowest BCUT2D eigenvalue weighted by atomic mass is 10.1. The van der Waals surface area contributed by atoms with Crippen LogP contribution in [-0.2, 0) is 11.3 Å². The van der Waals surface area contributed by atoms with Crippen LogP contribution in [0, 0.1) is 0 Å². The number of hydrogen-bond acceptors (Lipinski definition) is 5. The molecule has 0 bridgehead atoms. The number of nitrogens with one attached hydrogen (secondary N) is 1. The van der Waals surface area contributed by atoms with Crippen molar-refractivity contribution >= 4 is 11.9 Å². The number of esters is 1. The van der Waals surface area contributed by atoms with Crippen LogP contribution in [0.1, 0.15) is 26.3 Å². The van der Waals surface area contributed by atoms with Crippen molar-refractivity contribution in [3.8, 4) is 11.5 Å². The van der Waals surface area contributed by atoms with Gasteiger partial charge in [-0.3, -0.25) is 4.79 Å². The lowest BCUT2D eigenvalue weighted by molar-refractivity contribution is 0.0596. The van der Waals surface area contributed by atoms with Gasteiger partial charge in [-0.15, -0.1) is 0 Å². The van der Waals surface area contributed by atoms with E-state index in [0.29, 0.717) is 0 Å². The number of carbonyl (C=O) groups excluding carboxylic acids is 2. The number of methoxy groups -OCH3 is 1. The molecule has 2 aromatic rings. The first-order valence-electron chi connectivity index (χ1n) is 6.50. The molecule has 0 aliphatic heterocycles. The first-order valence-corrected chi connectivity index (χ1v) is 6.50. The van der Waals surface area contributed by atoms with Crippen molar-refractivity contribution in [2.24, 2.45) is 0 Å². The zero-order chi connectivity index (χ0) is 16.1. The van der Waals surface area contributed by atoms with Crippen LogP contribution in [0.15, 0.2) is 42.5 Å². The van der Waals surface area contributed by atoms with Crippen molar-refractivity contribution in [2.75, 3.05) is 7.11 Å². The number of phenolic OH excluding ortho intramolecular Hbond substituents is 2. The van der Waals surface area contributed by atoms with Gasteiger partial charge in [0, 0.05) is 6.54 Å². The van der Waals surface area contributed by atoms with E-state index in [4.69, 9.17) is 0 Å². The molecule has 22 heavy (non-hydrogen) atoms. The van der Waals surface area contributed by atoms with Crippen molar-refractivity contribution in [3.05, 3.63) is 59.2 Å². The number of carbonyl (C=O) groups is 2. The highest BCUT2D eigenvalue weighted by molar-refractivity contribution is 6.01. The number of phenols is 2. The SMILES string of the molecule is COC(=O)c1ccc(C(=O)NCc2ccccc2)c(O)c1O. The summed E-state index contributed by atoms with van der Waals surface area (Å²) >= 11 is 0. The Bertz CT molecular complexity index is 697. The summed E-state index contributed by atoms with van der Waals surface area (Å²) in [6.45, 7) is 0.276. The first-order chi connectivity index (χ1) is 10.5. The largest absolute Gasteiger partial charge is 0.504 e. The molecule has 0 saturated heterocycles. The molecule has 0 aliphatic rings. The number of rotatable bonds is 4. The van der Waals surface area contributed by atoms with E-state index in [1.165, 1.54) is 12.1 Å². The van der Waals surface area contributed by atoms with Crippen LogP contribution >= 0.6 is 0 Å². The van der Waals surface area contributed by atoms with Gasteiger partial charge in [0.25, 0.3) is 5.91 Å². The standard InChI is InChI=1S/C16H15NO5/c1-22-16(21)12-8-7-11(13(18)14(12)19)15(20)17-9-10-5-3-2-4-6-10/h2-8,18-19H,9H2,1H3,(H,17,20). The average Bonchev–Trinajstić information content (AvgIpc) is 2.55. The Balaban J connectivity index is 2.17. The van der Waals surface area contributed by atoms with Crippen LogP contribution in [0.4, 0.5) is 0 Å². The van der Waals surface area contributed by atoms with E-state index in [9.17, 15) is 19.8 Å². The molecule has 114 valence electrons. The summed E-state index contributed by atoms with van der Waals surface area (Å²) in [4.78, 5) is 23.4. The van der Waals surface area contributed by atoms with Crippen LogP contribution in [0.25, 0.3) is 0 Å². The van der Waals surface area contributed by atoms with Gasteiger partial charge in [0.05, 0.1) is 12.7 Å². The van der Waals surface area contributed by atoms with Gasteiger partial charge in [0.15, 0.2) is 11.5 Å². The summed E-state index contributed by atoms with van der Waals surface area (Å²) < 4.78 is 4.47. The summed E-state index contributed by atoms with van der Waals surface area (Å²) in [5.41, 5.74) is 0.562. The van der Waals surface area contributed by atoms with Crippen molar-refractivity contribution < 1.29 is 24.5 Å². The molecule has 0 radical (unpaired) electrons. The average molecular weight is 301 g/mol. The number of amides is 1. The minimum atomic E-state index is -0.802. The molecular weight excluding hydrogens is 286 g/mol. The van der Waals surface area contributed by atoms with Crippen molar-refractivity contribution in [1.29, 1.82) is 0 Å². The molecule has 0 heterocycles. The molecule has 2 aromatic carbocycles. The molecule has 2 rings (SSSR count). The second-order valence-electron chi connectivity index (χ2n) is 4.52. The summed E-state index contributed by atoms with van der Waals surface area (Å²) in [6.07, 6.45) is 0. The fourth-order valence-electron chi connectivity index (χ4n) is 1.91. The molecule has 0 aromatic heterocycles. The molecule has 0 atom stereocenters. The van der Waals surface area contributed by atoms with E-state index in [1.54, 1.807) is 0 Å². The van der Waals surface area contributed by atoms with Gasteiger partial charge in [0.2, 0.25) is 0 Å². The number of hydrogen-bond donors (Lipinski definition) is 3. The summed E-state index contributed by atoms with van der Waals surface area (Å²) in [6, 6.07) is 11.7. The van der Waals surface area contributed by atoms with E-state index in [2.05, 4.69) is 10.1 Å². The Hall–Kier alpha value is -3.02. The predicted molar refractivity (Wildman–Crippen MR) is 78.7 cm³/mol.